The topological polar surface area (TPSA) is 89.3 Å². The first kappa shape index (κ1) is 16.6. The molecule has 2 aromatic carbocycles. The van der Waals surface area contributed by atoms with Gasteiger partial charge in [-0.2, -0.15) is 0 Å². The van der Waals surface area contributed by atoms with Gasteiger partial charge >= 0.3 is 0 Å². The molecule has 0 saturated carbocycles. The lowest BCUT2D eigenvalue weighted by Gasteiger charge is -2.11. The van der Waals surface area contributed by atoms with Crippen LogP contribution >= 0.6 is 23.4 Å². The van der Waals surface area contributed by atoms with Crippen molar-refractivity contribution in [1.82, 2.24) is 0 Å². The van der Waals surface area contributed by atoms with Gasteiger partial charge in [-0.05, 0) is 36.6 Å². The van der Waals surface area contributed by atoms with E-state index >= 15 is 0 Å². The minimum absolute atomic E-state index is 0.0610. The zero-order valence-corrected chi connectivity index (χ0v) is 13.7. The summed E-state index contributed by atoms with van der Waals surface area (Å²) in [5.41, 5.74) is 0.119. The maximum atomic E-state index is 12.4. The highest BCUT2D eigenvalue weighted by molar-refractivity contribution is 7.99. The van der Waals surface area contributed by atoms with Crippen LogP contribution in [0.15, 0.2) is 52.3 Å². The summed E-state index contributed by atoms with van der Waals surface area (Å²) >= 11 is 7.14. The van der Waals surface area contributed by atoms with E-state index in [2.05, 4.69) is 4.72 Å². The predicted molar refractivity (Wildman–Crippen MR) is 87.1 cm³/mol. The van der Waals surface area contributed by atoms with Crippen molar-refractivity contribution in [2.45, 2.75) is 9.79 Å². The van der Waals surface area contributed by atoms with E-state index in [1.54, 1.807) is 18.4 Å². The second kappa shape index (κ2) is 6.55. The highest BCUT2D eigenvalue weighted by Crippen LogP contribution is 2.29. The number of nitrogens with one attached hydrogen (secondary N) is 1. The highest BCUT2D eigenvalue weighted by Gasteiger charge is 2.19. The number of benzene rings is 2. The number of non-ortho nitro benzene ring substituents is 1. The largest absolute Gasteiger partial charge is 0.280 e. The molecule has 0 amide bonds. The van der Waals surface area contributed by atoms with Crippen LogP contribution in [-0.2, 0) is 10.0 Å². The van der Waals surface area contributed by atoms with Gasteiger partial charge in [0.15, 0.2) is 0 Å². The summed E-state index contributed by atoms with van der Waals surface area (Å²) in [6, 6.07) is 9.71. The maximum absolute atomic E-state index is 12.4. The first-order valence-electron chi connectivity index (χ1n) is 5.94. The molecule has 0 aliphatic heterocycles. The average Bonchev–Trinajstić information content (AvgIpc) is 2.47. The molecule has 0 spiro atoms. The fourth-order valence-electron chi connectivity index (χ4n) is 1.72. The monoisotopic (exact) mass is 358 g/mol. The fourth-order valence-corrected chi connectivity index (χ4v) is 4.17. The van der Waals surface area contributed by atoms with Gasteiger partial charge in [-0.1, -0.05) is 11.6 Å². The predicted octanol–water partition coefficient (Wildman–Crippen LogP) is 3.77. The van der Waals surface area contributed by atoms with Crippen molar-refractivity contribution in [2.24, 2.45) is 0 Å². The SMILES string of the molecule is CSc1ccc(Cl)cc1S(=O)(=O)Nc1ccc([N+](=O)[O-])cc1. The third kappa shape index (κ3) is 3.70. The smallest absolute Gasteiger partial charge is 0.269 e. The summed E-state index contributed by atoms with van der Waals surface area (Å²) in [5.74, 6) is 0. The second-order valence-corrected chi connectivity index (χ2v) is 7.14. The van der Waals surface area contributed by atoms with Crippen LogP contribution in [0.1, 0.15) is 0 Å². The van der Waals surface area contributed by atoms with Gasteiger partial charge in [0.1, 0.15) is 4.90 Å². The molecule has 0 unspecified atom stereocenters. The molecule has 1 N–H and O–H groups in total. The van der Waals surface area contributed by atoms with E-state index in [-0.39, 0.29) is 16.3 Å². The molecule has 0 aliphatic carbocycles. The summed E-state index contributed by atoms with van der Waals surface area (Å²) in [6.07, 6.45) is 1.76. The molecule has 0 aromatic heterocycles. The molecule has 9 heteroatoms. The number of hydrogen-bond acceptors (Lipinski definition) is 5. The Bertz CT molecular complexity index is 807. The molecule has 0 saturated heterocycles. The summed E-state index contributed by atoms with van der Waals surface area (Å²) in [4.78, 5) is 10.7. The molecule has 0 heterocycles. The van der Waals surface area contributed by atoms with E-state index < -0.39 is 14.9 Å². The molecular weight excluding hydrogens is 348 g/mol. The van der Waals surface area contributed by atoms with E-state index in [1.165, 1.54) is 42.1 Å². The zero-order valence-electron chi connectivity index (χ0n) is 11.3. The molecule has 2 rings (SSSR count). The number of nitro groups is 1. The molecule has 0 bridgehead atoms. The van der Waals surface area contributed by atoms with E-state index in [0.29, 0.717) is 9.92 Å². The van der Waals surface area contributed by atoms with Gasteiger partial charge in [-0.25, -0.2) is 8.42 Å². The third-order valence-corrected chi connectivity index (χ3v) is 5.33. The van der Waals surface area contributed by atoms with Gasteiger partial charge in [0.25, 0.3) is 15.7 Å². The van der Waals surface area contributed by atoms with Gasteiger partial charge < -0.3 is 0 Å². The molecule has 2 aromatic rings. The van der Waals surface area contributed by atoms with E-state index in [0.717, 1.165) is 0 Å². The molecule has 22 heavy (non-hydrogen) atoms. The van der Waals surface area contributed by atoms with E-state index in [4.69, 9.17) is 11.6 Å². The Morgan fingerprint density at radius 2 is 1.82 bits per heavy atom. The maximum Gasteiger partial charge on any atom is 0.269 e. The summed E-state index contributed by atoms with van der Waals surface area (Å²) in [7, 11) is -3.84. The van der Waals surface area contributed by atoms with Gasteiger partial charge in [0.05, 0.1) is 4.92 Å². The van der Waals surface area contributed by atoms with Gasteiger partial charge in [-0.15, -0.1) is 11.8 Å². The number of hydrogen-bond donors (Lipinski definition) is 1. The van der Waals surface area contributed by atoms with E-state index in [9.17, 15) is 18.5 Å². The van der Waals surface area contributed by atoms with Crippen LogP contribution in [0.5, 0.6) is 0 Å². The lowest BCUT2D eigenvalue weighted by molar-refractivity contribution is -0.384. The van der Waals surface area contributed by atoms with Gasteiger partial charge in [0.2, 0.25) is 0 Å². The first-order valence-corrected chi connectivity index (χ1v) is 9.03. The lowest BCUT2D eigenvalue weighted by atomic mass is 10.3. The molecule has 0 atom stereocenters. The summed E-state index contributed by atoms with van der Waals surface area (Å²) in [6.45, 7) is 0. The lowest BCUT2D eigenvalue weighted by Crippen LogP contribution is -2.14. The van der Waals surface area contributed by atoms with E-state index in [1.807, 2.05) is 0 Å². The summed E-state index contributed by atoms with van der Waals surface area (Å²) < 4.78 is 27.3. The van der Waals surface area contributed by atoms with Crippen molar-refractivity contribution in [3.8, 4) is 0 Å². The van der Waals surface area contributed by atoms with Crippen molar-refractivity contribution in [1.29, 1.82) is 0 Å². The molecule has 116 valence electrons. The summed E-state index contributed by atoms with van der Waals surface area (Å²) in [5, 5.41) is 10.9. The van der Waals surface area contributed by atoms with Gasteiger partial charge in [-0.3, -0.25) is 14.8 Å². The molecular formula is C13H11ClN2O4S2. The molecule has 0 fully saturated rings. The fraction of sp³-hybridized carbons (Fsp3) is 0.0769. The van der Waals surface area contributed by atoms with Crippen LogP contribution < -0.4 is 4.72 Å². The van der Waals surface area contributed by atoms with Crippen molar-refractivity contribution in [2.75, 3.05) is 11.0 Å². The van der Waals surface area contributed by atoms with Crippen LogP contribution in [0.3, 0.4) is 0 Å². The molecule has 6 nitrogen and oxygen atoms in total. The third-order valence-electron chi connectivity index (χ3n) is 2.75. The second-order valence-electron chi connectivity index (χ2n) is 4.20. The minimum Gasteiger partial charge on any atom is -0.280 e. The van der Waals surface area contributed by atoms with Crippen molar-refractivity contribution in [3.05, 3.63) is 57.6 Å². The van der Waals surface area contributed by atoms with Crippen molar-refractivity contribution < 1.29 is 13.3 Å². The Labute approximate surface area is 136 Å². The first-order chi connectivity index (χ1) is 10.3. The van der Waals surface area contributed by atoms with Crippen LogP contribution in [0.4, 0.5) is 11.4 Å². The highest BCUT2D eigenvalue weighted by atomic mass is 35.5. The number of sulfonamides is 1. The minimum atomic E-state index is -3.84. The quantitative estimate of drug-likeness (QED) is 0.499. The Balaban J connectivity index is 2.35. The number of nitro benzene ring substituents is 1. The van der Waals surface area contributed by atoms with Crippen LogP contribution in [0.2, 0.25) is 5.02 Å². The zero-order chi connectivity index (χ0) is 16.3. The number of thioether (sulfide) groups is 1. The van der Waals surface area contributed by atoms with Gasteiger partial charge in [0, 0.05) is 27.7 Å². The van der Waals surface area contributed by atoms with Crippen molar-refractivity contribution >= 4 is 44.8 Å². The Morgan fingerprint density at radius 1 is 1.18 bits per heavy atom. The average molecular weight is 359 g/mol. The van der Waals surface area contributed by atoms with Crippen LogP contribution in [0.25, 0.3) is 0 Å². The molecule has 0 radical (unpaired) electrons. The van der Waals surface area contributed by atoms with Crippen LogP contribution in [-0.4, -0.2) is 19.6 Å². The Hall–Kier alpha value is -1.77. The van der Waals surface area contributed by atoms with Crippen molar-refractivity contribution in [3.63, 3.8) is 0 Å². The number of nitrogens with zero attached hydrogens (tertiary/aromatic N) is 1. The Morgan fingerprint density at radius 3 is 2.36 bits per heavy atom. The normalized spacial score (nSPS) is 11.2. The number of anilines is 1. The molecule has 0 aliphatic rings. The van der Waals surface area contributed by atoms with Crippen LogP contribution in [0, 0.1) is 10.1 Å². The standard InChI is InChI=1S/C13H11ClN2O4S2/c1-21-12-7-2-9(14)8-13(12)22(19,20)15-10-3-5-11(6-4-10)16(17)18/h2-8,15H,1H3. The number of rotatable bonds is 5. The Kier molecular flexibility index (Phi) is 4.94. The number of halogens is 1.